The molecular weight excluding hydrogens is 479 g/mol. The molecule has 34 heavy (non-hydrogen) atoms. The Morgan fingerprint density at radius 2 is 1.94 bits per heavy atom. The molecule has 0 saturated heterocycles. The Bertz CT molecular complexity index is 1200. The molecule has 2 aromatic carbocycles. The normalized spacial score (nSPS) is 11.3. The van der Waals surface area contributed by atoms with E-state index in [1.54, 1.807) is 63.5 Å². The highest BCUT2D eigenvalue weighted by atomic mass is 35.5. The highest BCUT2D eigenvalue weighted by Crippen LogP contribution is 2.28. The Morgan fingerprint density at radius 3 is 2.62 bits per heavy atom. The zero-order valence-electron chi connectivity index (χ0n) is 19.2. The smallest absolute Gasteiger partial charge is 0.306 e. The van der Waals surface area contributed by atoms with Crippen molar-refractivity contribution >= 4 is 29.3 Å². The average Bonchev–Trinajstić information content (AvgIpc) is 2.80. The molecule has 0 radical (unpaired) electrons. The summed E-state index contributed by atoms with van der Waals surface area (Å²) in [5.74, 6) is 0.465. The van der Waals surface area contributed by atoms with Crippen molar-refractivity contribution in [1.82, 2.24) is 9.55 Å². The van der Waals surface area contributed by atoms with Crippen LogP contribution < -0.4 is 10.3 Å². The van der Waals surface area contributed by atoms with E-state index in [2.05, 4.69) is 4.98 Å². The van der Waals surface area contributed by atoms with Crippen molar-refractivity contribution in [1.29, 1.82) is 0 Å². The number of thioether (sulfide) groups is 1. The third-order valence-electron chi connectivity index (χ3n) is 4.80. The van der Waals surface area contributed by atoms with Gasteiger partial charge in [-0.2, -0.15) is 0 Å². The molecule has 9 heteroatoms. The van der Waals surface area contributed by atoms with Crippen LogP contribution in [0.1, 0.15) is 32.8 Å². The molecular formula is C25H26ClFN2O4S. The number of carbonyl (C=O) groups is 1. The fraction of sp³-hybridized carbons (Fsp3) is 0.320. The number of aryl methyl sites for hydroxylation is 1. The van der Waals surface area contributed by atoms with Crippen molar-refractivity contribution < 1.29 is 18.7 Å². The second kappa shape index (κ2) is 11.5. The molecule has 0 amide bonds. The van der Waals surface area contributed by atoms with E-state index >= 15 is 0 Å². The Labute approximate surface area is 207 Å². The van der Waals surface area contributed by atoms with Crippen molar-refractivity contribution in [2.24, 2.45) is 0 Å². The first kappa shape index (κ1) is 25.8. The summed E-state index contributed by atoms with van der Waals surface area (Å²) in [7, 11) is 0. The molecule has 1 aromatic heterocycles. The van der Waals surface area contributed by atoms with Gasteiger partial charge in [-0.15, -0.1) is 11.8 Å². The molecule has 0 N–H and O–H groups in total. The maximum atomic E-state index is 13.0. The minimum atomic E-state index is -0.808. The first-order valence-corrected chi connectivity index (χ1v) is 12.1. The monoisotopic (exact) mass is 504 g/mol. The Hall–Kier alpha value is -2.84. The second-order valence-corrected chi connectivity index (χ2v) is 9.61. The second-order valence-electron chi connectivity index (χ2n) is 8.12. The molecule has 0 aliphatic rings. The molecule has 0 aliphatic heterocycles. The number of benzene rings is 2. The number of rotatable bonds is 10. The predicted octanol–water partition coefficient (Wildman–Crippen LogP) is 5.47. The van der Waals surface area contributed by atoms with E-state index in [-0.39, 0.29) is 30.4 Å². The van der Waals surface area contributed by atoms with Crippen molar-refractivity contribution in [2.75, 3.05) is 12.4 Å². The number of carbonyl (C=O) groups excluding carboxylic acids is 1. The van der Waals surface area contributed by atoms with E-state index in [0.29, 0.717) is 33.7 Å². The third kappa shape index (κ3) is 7.08. The van der Waals surface area contributed by atoms with Crippen molar-refractivity contribution in [3.05, 3.63) is 81.6 Å². The Kier molecular flexibility index (Phi) is 8.74. The number of nitrogens with zero attached hydrogens (tertiary/aromatic N) is 2. The molecule has 1 heterocycles. The van der Waals surface area contributed by atoms with E-state index in [1.807, 2.05) is 0 Å². The summed E-state index contributed by atoms with van der Waals surface area (Å²) in [4.78, 5) is 28.7. The number of aromatic nitrogens is 2. The fourth-order valence-corrected chi connectivity index (χ4v) is 4.15. The van der Waals surface area contributed by atoms with E-state index < -0.39 is 5.60 Å². The van der Waals surface area contributed by atoms with Crippen LogP contribution in [0.15, 0.2) is 64.7 Å². The molecule has 0 unspecified atom stereocenters. The molecule has 0 saturated carbocycles. The van der Waals surface area contributed by atoms with Gasteiger partial charge in [-0.1, -0.05) is 30.7 Å². The minimum absolute atomic E-state index is 0.127. The minimum Gasteiger partial charge on any atom is -0.488 e. The highest BCUT2D eigenvalue weighted by molar-refractivity contribution is 7.99. The van der Waals surface area contributed by atoms with Gasteiger partial charge in [0.1, 0.15) is 23.8 Å². The largest absolute Gasteiger partial charge is 0.488 e. The standard InChI is InChI=1S/C25H26ClFN2O4S/c1-4-22(30)33-25(2,3)16-32-21-10-9-19(15-20(21)26)29-13-12-28-23(24(29)31)34-14-11-17-5-7-18(27)8-6-17/h5-10,12-13,15H,4,11,14,16H2,1-3H3. The summed E-state index contributed by atoms with van der Waals surface area (Å²) < 4.78 is 25.6. The lowest BCUT2D eigenvalue weighted by atomic mass is 10.1. The van der Waals surface area contributed by atoms with Gasteiger partial charge in [0, 0.05) is 24.6 Å². The van der Waals surface area contributed by atoms with Gasteiger partial charge in [0.05, 0.1) is 10.7 Å². The molecule has 180 valence electrons. The van der Waals surface area contributed by atoms with Gasteiger partial charge in [-0.3, -0.25) is 14.2 Å². The molecule has 3 rings (SSSR count). The average molecular weight is 505 g/mol. The van der Waals surface area contributed by atoms with Gasteiger partial charge in [-0.25, -0.2) is 9.37 Å². The maximum Gasteiger partial charge on any atom is 0.306 e. The highest BCUT2D eigenvalue weighted by Gasteiger charge is 2.24. The lowest BCUT2D eigenvalue weighted by Crippen LogP contribution is -2.34. The molecule has 0 spiro atoms. The van der Waals surface area contributed by atoms with Crippen LogP contribution in [0.4, 0.5) is 4.39 Å². The van der Waals surface area contributed by atoms with Crippen LogP contribution in [-0.4, -0.2) is 33.5 Å². The summed E-state index contributed by atoms with van der Waals surface area (Å²) in [5.41, 5.74) is 0.489. The predicted molar refractivity (Wildman–Crippen MR) is 132 cm³/mol. The molecule has 6 nitrogen and oxygen atoms in total. The van der Waals surface area contributed by atoms with Crippen molar-refractivity contribution in [3.63, 3.8) is 0 Å². The van der Waals surface area contributed by atoms with Gasteiger partial charge in [0.15, 0.2) is 5.03 Å². The van der Waals surface area contributed by atoms with Gasteiger partial charge >= 0.3 is 5.97 Å². The number of ether oxygens (including phenoxy) is 2. The molecule has 0 atom stereocenters. The topological polar surface area (TPSA) is 70.4 Å². The Balaban J connectivity index is 1.67. The number of halogens is 2. The van der Waals surface area contributed by atoms with Crippen LogP contribution in [0.25, 0.3) is 5.69 Å². The van der Waals surface area contributed by atoms with Crippen LogP contribution in [-0.2, 0) is 16.0 Å². The van der Waals surface area contributed by atoms with Crippen LogP contribution >= 0.6 is 23.4 Å². The zero-order valence-corrected chi connectivity index (χ0v) is 20.8. The first-order chi connectivity index (χ1) is 16.2. The molecule has 0 aliphatic carbocycles. The number of esters is 1. The van der Waals surface area contributed by atoms with Gasteiger partial charge < -0.3 is 9.47 Å². The zero-order chi connectivity index (χ0) is 24.7. The van der Waals surface area contributed by atoms with Crippen LogP contribution in [0.3, 0.4) is 0 Å². The van der Waals surface area contributed by atoms with E-state index in [9.17, 15) is 14.0 Å². The molecule has 0 fully saturated rings. The van der Waals surface area contributed by atoms with E-state index in [0.717, 1.165) is 5.56 Å². The third-order valence-corrected chi connectivity index (χ3v) is 6.06. The summed E-state index contributed by atoms with van der Waals surface area (Å²) in [6.45, 7) is 5.37. The molecule has 0 bridgehead atoms. The van der Waals surface area contributed by atoms with Crippen molar-refractivity contribution in [2.45, 2.75) is 44.2 Å². The summed E-state index contributed by atoms with van der Waals surface area (Å²) >= 11 is 7.74. The van der Waals surface area contributed by atoms with Crippen LogP contribution in [0.5, 0.6) is 5.75 Å². The van der Waals surface area contributed by atoms with Gasteiger partial charge in [0.2, 0.25) is 0 Å². The van der Waals surface area contributed by atoms with Crippen LogP contribution in [0, 0.1) is 5.82 Å². The van der Waals surface area contributed by atoms with Crippen molar-refractivity contribution in [3.8, 4) is 11.4 Å². The summed E-state index contributed by atoms with van der Waals surface area (Å²) in [6, 6.07) is 11.3. The number of hydrogen-bond acceptors (Lipinski definition) is 6. The lowest BCUT2D eigenvalue weighted by molar-refractivity contribution is -0.158. The van der Waals surface area contributed by atoms with Gasteiger partial charge in [-0.05, 0) is 56.2 Å². The SMILES string of the molecule is CCC(=O)OC(C)(C)COc1ccc(-n2ccnc(SCCc3ccc(F)cc3)c2=O)cc1Cl. The number of hydrogen-bond donors (Lipinski definition) is 0. The summed E-state index contributed by atoms with van der Waals surface area (Å²) in [5, 5.41) is 0.685. The van der Waals surface area contributed by atoms with Crippen LogP contribution in [0.2, 0.25) is 5.02 Å². The molecule has 3 aromatic rings. The maximum absolute atomic E-state index is 13.0. The van der Waals surface area contributed by atoms with E-state index in [4.69, 9.17) is 21.1 Å². The summed E-state index contributed by atoms with van der Waals surface area (Å²) in [6.07, 6.45) is 4.10. The lowest BCUT2D eigenvalue weighted by Gasteiger charge is -2.25. The van der Waals surface area contributed by atoms with Gasteiger partial charge in [0.25, 0.3) is 5.56 Å². The quantitative estimate of drug-likeness (QED) is 0.269. The van der Waals surface area contributed by atoms with E-state index in [1.165, 1.54) is 28.5 Å². The first-order valence-electron chi connectivity index (χ1n) is 10.8. The fourth-order valence-electron chi connectivity index (χ4n) is 3.03. The Morgan fingerprint density at radius 1 is 1.21 bits per heavy atom.